The van der Waals surface area contributed by atoms with Crippen molar-refractivity contribution in [3.05, 3.63) is 33.2 Å². The Bertz CT molecular complexity index is 615. The van der Waals surface area contributed by atoms with Crippen molar-refractivity contribution in [3.8, 4) is 5.75 Å². The molecule has 2 aromatic rings. The van der Waals surface area contributed by atoms with Gasteiger partial charge in [0.1, 0.15) is 10.8 Å². The summed E-state index contributed by atoms with van der Waals surface area (Å²) in [5.41, 5.74) is 1.21. The summed E-state index contributed by atoms with van der Waals surface area (Å²) in [6.07, 6.45) is 0.954. The molecule has 1 aromatic heterocycles. The molecule has 106 valence electrons. The third-order valence-electron chi connectivity index (χ3n) is 2.54. The number of rotatable bonds is 5. The zero-order valence-electron chi connectivity index (χ0n) is 11.1. The molecule has 2 rings (SSSR count). The standard InChI is InChI=1S/C13H14BrN3O2S/c1-3-9-4-5-11(10(14)6-9)19-7-12(18)15-13-17-16-8(2)20-13/h4-6H,3,7H2,1-2H3,(H,15,17,18). The van der Waals surface area contributed by atoms with Crippen LogP contribution in [0.4, 0.5) is 5.13 Å². The molecule has 1 N–H and O–H groups in total. The molecular formula is C13H14BrN3O2S. The van der Waals surface area contributed by atoms with E-state index >= 15 is 0 Å². The first-order valence-electron chi connectivity index (χ1n) is 6.09. The van der Waals surface area contributed by atoms with Crippen LogP contribution in [-0.2, 0) is 11.2 Å². The Morgan fingerprint density at radius 1 is 1.45 bits per heavy atom. The van der Waals surface area contributed by atoms with E-state index < -0.39 is 0 Å². The summed E-state index contributed by atoms with van der Waals surface area (Å²) < 4.78 is 6.32. The normalized spacial score (nSPS) is 10.3. The van der Waals surface area contributed by atoms with Crippen molar-refractivity contribution < 1.29 is 9.53 Å². The summed E-state index contributed by atoms with van der Waals surface area (Å²) in [7, 11) is 0. The Morgan fingerprint density at radius 2 is 2.25 bits per heavy atom. The van der Waals surface area contributed by atoms with E-state index in [1.54, 1.807) is 0 Å². The van der Waals surface area contributed by atoms with E-state index in [0.717, 1.165) is 15.9 Å². The zero-order valence-corrected chi connectivity index (χ0v) is 13.5. The lowest BCUT2D eigenvalue weighted by Gasteiger charge is -2.08. The van der Waals surface area contributed by atoms with E-state index in [1.165, 1.54) is 16.9 Å². The van der Waals surface area contributed by atoms with Gasteiger partial charge in [-0.25, -0.2) is 0 Å². The minimum absolute atomic E-state index is 0.0668. The van der Waals surface area contributed by atoms with Gasteiger partial charge in [0.15, 0.2) is 6.61 Å². The van der Waals surface area contributed by atoms with Gasteiger partial charge in [-0.15, -0.1) is 10.2 Å². The van der Waals surface area contributed by atoms with E-state index in [2.05, 4.69) is 38.4 Å². The highest BCUT2D eigenvalue weighted by Gasteiger charge is 2.09. The Labute approximate surface area is 129 Å². The van der Waals surface area contributed by atoms with Gasteiger partial charge in [0.2, 0.25) is 5.13 Å². The van der Waals surface area contributed by atoms with E-state index in [1.807, 2.05) is 25.1 Å². The monoisotopic (exact) mass is 355 g/mol. The second kappa shape index (κ2) is 6.81. The van der Waals surface area contributed by atoms with E-state index in [-0.39, 0.29) is 12.5 Å². The maximum absolute atomic E-state index is 11.7. The van der Waals surface area contributed by atoms with Crippen LogP contribution >= 0.6 is 27.3 Å². The number of aromatic nitrogens is 2. The number of aryl methyl sites for hydroxylation is 2. The number of nitrogens with zero attached hydrogens (tertiary/aromatic N) is 2. The number of ether oxygens (including phenoxy) is 1. The quantitative estimate of drug-likeness (QED) is 0.894. The lowest BCUT2D eigenvalue weighted by Crippen LogP contribution is -2.20. The number of carbonyl (C=O) groups excluding carboxylic acids is 1. The highest BCUT2D eigenvalue weighted by molar-refractivity contribution is 9.10. The largest absolute Gasteiger partial charge is 0.483 e. The van der Waals surface area contributed by atoms with Crippen molar-refractivity contribution in [1.82, 2.24) is 10.2 Å². The van der Waals surface area contributed by atoms with Crippen LogP contribution in [0.25, 0.3) is 0 Å². The molecule has 0 aliphatic rings. The van der Waals surface area contributed by atoms with Crippen LogP contribution < -0.4 is 10.1 Å². The number of halogens is 1. The summed E-state index contributed by atoms with van der Waals surface area (Å²) in [6, 6.07) is 5.82. The SMILES string of the molecule is CCc1ccc(OCC(=O)Nc2nnc(C)s2)c(Br)c1. The van der Waals surface area contributed by atoms with Crippen LogP contribution in [0.1, 0.15) is 17.5 Å². The van der Waals surface area contributed by atoms with Gasteiger partial charge in [0.25, 0.3) is 5.91 Å². The Hall–Kier alpha value is -1.47. The van der Waals surface area contributed by atoms with Crippen molar-refractivity contribution in [2.75, 3.05) is 11.9 Å². The van der Waals surface area contributed by atoms with Crippen molar-refractivity contribution in [2.24, 2.45) is 0 Å². The first kappa shape index (κ1) is 14.9. The fourth-order valence-corrected chi connectivity index (χ4v) is 2.68. The third-order valence-corrected chi connectivity index (χ3v) is 3.91. The van der Waals surface area contributed by atoms with Crippen molar-refractivity contribution in [1.29, 1.82) is 0 Å². The van der Waals surface area contributed by atoms with E-state index in [0.29, 0.717) is 10.9 Å². The van der Waals surface area contributed by atoms with Gasteiger partial charge < -0.3 is 4.74 Å². The Morgan fingerprint density at radius 3 is 2.85 bits per heavy atom. The smallest absolute Gasteiger partial charge is 0.264 e. The number of carbonyl (C=O) groups is 1. The second-order valence-corrected chi connectivity index (χ2v) is 6.12. The van der Waals surface area contributed by atoms with Crippen LogP contribution in [0, 0.1) is 6.92 Å². The fraction of sp³-hybridized carbons (Fsp3) is 0.308. The van der Waals surface area contributed by atoms with Crippen molar-refractivity contribution in [3.63, 3.8) is 0 Å². The number of anilines is 1. The van der Waals surface area contributed by atoms with Crippen molar-refractivity contribution in [2.45, 2.75) is 20.3 Å². The molecule has 0 aliphatic carbocycles. The first-order valence-corrected chi connectivity index (χ1v) is 7.70. The molecule has 0 radical (unpaired) electrons. The maximum Gasteiger partial charge on any atom is 0.264 e. The van der Waals surface area contributed by atoms with E-state index in [4.69, 9.17) is 4.74 Å². The number of hydrogen-bond donors (Lipinski definition) is 1. The Kier molecular flexibility index (Phi) is 5.08. The molecule has 0 aliphatic heterocycles. The van der Waals surface area contributed by atoms with Gasteiger partial charge in [-0.2, -0.15) is 0 Å². The molecule has 5 nitrogen and oxygen atoms in total. The molecule has 1 heterocycles. The molecule has 1 aromatic carbocycles. The van der Waals surface area contributed by atoms with Gasteiger partial charge in [0.05, 0.1) is 4.47 Å². The maximum atomic E-state index is 11.7. The fourth-order valence-electron chi connectivity index (χ4n) is 1.53. The van der Waals surface area contributed by atoms with Gasteiger partial charge in [-0.3, -0.25) is 10.1 Å². The van der Waals surface area contributed by atoms with Gasteiger partial charge in [0, 0.05) is 0 Å². The minimum atomic E-state index is -0.257. The highest BCUT2D eigenvalue weighted by atomic mass is 79.9. The number of benzene rings is 1. The summed E-state index contributed by atoms with van der Waals surface area (Å²) in [5.74, 6) is 0.387. The molecule has 20 heavy (non-hydrogen) atoms. The van der Waals surface area contributed by atoms with Crippen LogP contribution in [0.2, 0.25) is 0 Å². The van der Waals surface area contributed by atoms with Crippen LogP contribution in [0.3, 0.4) is 0 Å². The van der Waals surface area contributed by atoms with E-state index in [9.17, 15) is 4.79 Å². The predicted molar refractivity (Wildman–Crippen MR) is 82.3 cm³/mol. The molecule has 0 atom stereocenters. The number of amides is 1. The minimum Gasteiger partial charge on any atom is -0.483 e. The molecule has 0 unspecified atom stereocenters. The summed E-state index contributed by atoms with van der Waals surface area (Å²) in [5, 5.41) is 11.6. The highest BCUT2D eigenvalue weighted by Crippen LogP contribution is 2.26. The lowest BCUT2D eigenvalue weighted by atomic mass is 10.2. The number of hydrogen-bond acceptors (Lipinski definition) is 5. The summed E-state index contributed by atoms with van der Waals surface area (Å²) >= 11 is 4.76. The molecule has 0 spiro atoms. The molecular weight excluding hydrogens is 342 g/mol. The van der Waals surface area contributed by atoms with Crippen LogP contribution in [-0.4, -0.2) is 22.7 Å². The topological polar surface area (TPSA) is 64.1 Å². The molecule has 0 saturated heterocycles. The van der Waals surface area contributed by atoms with Gasteiger partial charge in [-0.05, 0) is 47.0 Å². The molecule has 1 amide bonds. The van der Waals surface area contributed by atoms with Gasteiger partial charge >= 0.3 is 0 Å². The number of nitrogens with one attached hydrogen (secondary N) is 1. The summed E-state index contributed by atoms with van der Waals surface area (Å²) in [4.78, 5) is 11.7. The van der Waals surface area contributed by atoms with Crippen molar-refractivity contribution >= 4 is 38.3 Å². The first-order chi connectivity index (χ1) is 9.58. The third kappa shape index (κ3) is 4.01. The van der Waals surface area contributed by atoms with Crippen LogP contribution in [0.5, 0.6) is 5.75 Å². The molecule has 0 bridgehead atoms. The molecule has 0 saturated carbocycles. The molecule has 7 heteroatoms. The Balaban J connectivity index is 1.90. The van der Waals surface area contributed by atoms with Gasteiger partial charge in [-0.1, -0.05) is 24.3 Å². The van der Waals surface area contributed by atoms with Crippen LogP contribution in [0.15, 0.2) is 22.7 Å². The lowest BCUT2D eigenvalue weighted by molar-refractivity contribution is -0.118. The summed E-state index contributed by atoms with van der Waals surface area (Å²) in [6.45, 7) is 3.85. The average Bonchev–Trinajstić information content (AvgIpc) is 2.82. The zero-order chi connectivity index (χ0) is 14.5. The second-order valence-electron chi connectivity index (χ2n) is 4.08. The average molecular weight is 356 g/mol. The molecule has 0 fully saturated rings. The predicted octanol–water partition coefficient (Wildman–Crippen LogP) is 3.19.